The number of nitrogens with zero attached hydrogens (tertiary/aromatic N) is 4. The highest BCUT2D eigenvalue weighted by Crippen LogP contribution is 2.32. The second-order valence-electron chi connectivity index (χ2n) is 8.64. The predicted octanol–water partition coefficient (Wildman–Crippen LogP) is 3.81. The monoisotopic (exact) mass is 420 g/mol. The van der Waals surface area contributed by atoms with Gasteiger partial charge in [0.05, 0.1) is 0 Å². The lowest BCUT2D eigenvalue weighted by atomic mass is 9.95. The van der Waals surface area contributed by atoms with Crippen LogP contribution in [0.25, 0.3) is 0 Å². The Morgan fingerprint density at radius 1 is 1.16 bits per heavy atom. The van der Waals surface area contributed by atoms with E-state index in [9.17, 15) is 9.59 Å². The van der Waals surface area contributed by atoms with Gasteiger partial charge in [-0.05, 0) is 44.6 Å². The van der Waals surface area contributed by atoms with Crippen LogP contribution in [-0.4, -0.2) is 46.3 Å². The number of anilines is 1. The summed E-state index contributed by atoms with van der Waals surface area (Å²) in [6.07, 6.45) is 5.54. The standard InChI is InChI=1S/C25H32N4O2/c1-3-22(30)28-15-8-12-20(17-28)24-26-18(2)21-13-14-23(31)29(25(21)27-24)16-7-11-19-9-5-4-6-10-19/h4-6,9-10,20H,3,7-8,11-17H2,1-2H3/t20-/m1/s1. The highest BCUT2D eigenvalue weighted by atomic mass is 16.2. The third kappa shape index (κ3) is 4.78. The first-order chi connectivity index (χ1) is 15.1. The maximum atomic E-state index is 12.8. The van der Waals surface area contributed by atoms with E-state index in [0.717, 1.165) is 55.1 Å². The Bertz CT molecular complexity index is 944. The molecule has 6 nitrogen and oxygen atoms in total. The van der Waals surface area contributed by atoms with E-state index >= 15 is 0 Å². The van der Waals surface area contributed by atoms with Crippen molar-refractivity contribution in [2.75, 3.05) is 24.5 Å². The van der Waals surface area contributed by atoms with Crippen LogP contribution in [0.5, 0.6) is 0 Å². The van der Waals surface area contributed by atoms with Gasteiger partial charge in [-0.3, -0.25) is 14.5 Å². The number of hydrogen-bond donors (Lipinski definition) is 0. The summed E-state index contributed by atoms with van der Waals surface area (Å²) < 4.78 is 0. The molecule has 1 aromatic heterocycles. The summed E-state index contributed by atoms with van der Waals surface area (Å²) in [5.41, 5.74) is 3.36. The summed E-state index contributed by atoms with van der Waals surface area (Å²) >= 11 is 0. The Hall–Kier alpha value is -2.76. The zero-order chi connectivity index (χ0) is 21.8. The molecule has 4 rings (SSSR count). The van der Waals surface area contributed by atoms with Crippen molar-refractivity contribution in [1.82, 2.24) is 14.9 Å². The van der Waals surface area contributed by atoms with Gasteiger partial charge in [0.15, 0.2) is 0 Å². The molecule has 0 saturated carbocycles. The molecule has 0 radical (unpaired) electrons. The van der Waals surface area contributed by atoms with E-state index in [1.165, 1.54) is 5.56 Å². The molecule has 1 fully saturated rings. The zero-order valence-electron chi connectivity index (χ0n) is 18.6. The van der Waals surface area contributed by atoms with Crippen LogP contribution in [0.2, 0.25) is 0 Å². The minimum absolute atomic E-state index is 0.136. The molecule has 2 aliphatic heterocycles. The Morgan fingerprint density at radius 3 is 2.74 bits per heavy atom. The lowest BCUT2D eigenvalue weighted by Crippen LogP contribution is -2.40. The molecule has 2 amide bonds. The van der Waals surface area contributed by atoms with Crippen LogP contribution in [0.1, 0.15) is 67.6 Å². The molecule has 6 heteroatoms. The number of rotatable bonds is 6. The molecule has 0 unspecified atom stereocenters. The molecule has 1 saturated heterocycles. The number of fused-ring (bicyclic) bond motifs is 1. The van der Waals surface area contributed by atoms with Gasteiger partial charge >= 0.3 is 0 Å². The van der Waals surface area contributed by atoms with Gasteiger partial charge in [-0.1, -0.05) is 37.3 Å². The summed E-state index contributed by atoms with van der Waals surface area (Å²) in [5.74, 6) is 2.06. The average molecular weight is 421 g/mol. The van der Waals surface area contributed by atoms with Crippen molar-refractivity contribution in [3.8, 4) is 0 Å². The van der Waals surface area contributed by atoms with Crippen LogP contribution in [-0.2, 0) is 22.4 Å². The summed E-state index contributed by atoms with van der Waals surface area (Å²) in [6, 6.07) is 10.4. The minimum atomic E-state index is 0.136. The van der Waals surface area contributed by atoms with E-state index in [1.54, 1.807) is 0 Å². The van der Waals surface area contributed by atoms with Gasteiger partial charge in [-0.25, -0.2) is 9.97 Å². The Balaban J connectivity index is 1.54. The topological polar surface area (TPSA) is 66.4 Å². The Labute approximate surface area is 184 Å². The van der Waals surface area contributed by atoms with Crippen molar-refractivity contribution < 1.29 is 9.59 Å². The molecular weight excluding hydrogens is 388 g/mol. The number of benzene rings is 1. The number of aromatic nitrogens is 2. The smallest absolute Gasteiger partial charge is 0.228 e. The van der Waals surface area contributed by atoms with Crippen LogP contribution >= 0.6 is 0 Å². The molecule has 3 heterocycles. The first kappa shape index (κ1) is 21.5. The first-order valence-corrected chi connectivity index (χ1v) is 11.6. The molecular formula is C25H32N4O2. The molecule has 2 aliphatic rings. The largest absolute Gasteiger partial charge is 0.342 e. The third-order valence-corrected chi connectivity index (χ3v) is 6.49. The van der Waals surface area contributed by atoms with Crippen LogP contribution in [0.4, 0.5) is 5.82 Å². The van der Waals surface area contributed by atoms with E-state index in [4.69, 9.17) is 9.97 Å². The van der Waals surface area contributed by atoms with Crippen molar-refractivity contribution in [1.29, 1.82) is 0 Å². The van der Waals surface area contributed by atoms with Gasteiger partial charge < -0.3 is 4.90 Å². The Morgan fingerprint density at radius 2 is 1.97 bits per heavy atom. The molecule has 2 aromatic rings. The quantitative estimate of drug-likeness (QED) is 0.713. The van der Waals surface area contributed by atoms with Crippen molar-refractivity contribution >= 4 is 17.6 Å². The molecule has 0 aliphatic carbocycles. The van der Waals surface area contributed by atoms with Gasteiger partial charge in [-0.2, -0.15) is 0 Å². The molecule has 164 valence electrons. The van der Waals surface area contributed by atoms with Crippen molar-refractivity contribution in [2.45, 2.75) is 64.7 Å². The highest BCUT2D eigenvalue weighted by Gasteiger charge is 2.31. The van der Waals surface area contributed by atoms with E-state index in [-0.39, 0.29) is 17.7 Å². The first-order valence-electron chi connectivity index (χ1n) is 11.6. The summed E-state index contributed by atoms with van der Waals surface area (Å²) in [6.45, 7) is 6.09. The molecule has 1 atom stereocenters. The van der Waals surface area contributed by atoms with Crippen molar-refractivity contribution in [2.24, 2.45) is 0 Å². The van der Waals surface area contributed by atoms with Crippen molar-refractivity contribution in [3.05, 3.63) is 53.0 Å². The number of aryl methyl sites for hydroxylation is 2. The fraction of sp³-hybridized carbons (Fsp3) is 0.520. The van der Waals surface area contributed by atoms with E-state index in [0.29, 0.717) is 32.4 Å². The van der Waals surface area contributed by atoms with E-state index in [2.05, 4.69) is 24.3 Å². The van der Waals surface area contributed by atoms with Crippen LogP contribution < -0.4 is 4.90 Å². The van der Waals surface area contributed by atoms with Gasteiger partial charge in [0, 0.05) is 49.7 Å². The minimum Gasteiger partial charge on any atom is -0.342 e. The molecule has 0 N–H and O–H groups in total. The number of amides is 2. The zero-order valence-corrected chi connectivity index (χ0v) is 18.6. The maximum Gasteiger partial charge on any atom is 0.228 e. The third-order valence-electron chi connectivity index (χ3n) is 6.49. The lowest BCUT2D eigenvalue weighted by Gasteiger charge is -2.34. The Kier molecular flexibility index (Phi) is 6.64. The summed E-state index contributed by atoms with van der Waals surface area (Å²) in [5, 5.41) is 0. The number of hydrogen-bond acceptors (Lipinski definition) is 4. The highest BCUT2D eigenvalue weighted by molar-refractivity contribution is 5.95. The predicted molar refractivity (Wildman–Crippen MR) is 121 cm³/mol. The molecule has 0 bridgehead atoms. The van der Waals surface area contributed by atoms with Gasteiger partial charge in [0.25, 0.3) is 0 Å². The number of piperidine rings is 1. The van der Waals surface area contributed by atoms with E-state index < -0.39 is 0 Å². The summed E-state index contributed by atoms with van der Waals surface area (Å²) in [7, 11) is 0. The van der Waals surface area contributed by atoms with Crippen LogP contribution in [0, 0.1) is 6.92 Å². The second-order valence-corrected chi connectivity index (χ2v) is 8.64. The summed E-state index contributed by atoms with van der Waals surface area (Å²) in [4.78, 5) is 38.6. The van der Waals surface area contributed by atoms with Gasteiger partial charge in [0.1, 0.15) is 11.6 Å². The number of carbonyl (C=O) groups excluding carboxylic acids is 2. The maximum absolute atomic E-state index is 12.8. The van der Waals surface area contributed by atoms with Gasteiger partial charge in [-0.15, -0.1) is 0 Å². The van der Waals surface area contributed by atoms with Crippen molar-refractivity contribution in [3.63, 3.8) is 0 Å². The normalized spacial score (nSPS) is 18.8. The average Bonchev–Trinajstić information content (AvgIpc) is 2.80. The molecule has 1 aromatic carbocycles. The van der Waals surface area contributed by atoms with Crippen LogP contribution in [0.3, 0.4) is 0 Å². The van der Waals surface area contributed by atoms with Gasteiger partial charge in [0.2, 0.25) is 11.8 Å². The van der Waals surface area contributed by atoms with Crippen LogP contribution in [0.15, 0.2) is 30.3 Å². The molecule has 31 heavy (non-hydrogen) atoms. The number of likely N-dealkylation sites (tertiary alicyclic amines) is 1. The lowest BCUT2D eigenvalue weighted by molar-refractivity contribution is -0.132. The fourth-order valence-electron chi connectivity index (χ4n) is 4.74. The number of carbonyl (C=O) groups is 2. The fourth-order valence-corrected chi connectivity index (χ4v) is 4.74. The second kappa shape index (κ2) is 9.58. The SMILES string of the molecule is CCC(=O)N1CCC[C@@H](c2nc(C)c3c(n2)N(CCCc2ccccc2)C(=O)CC3)C1. The van der Waals surface area contributed by atoms with E-state index in [1.807, 2.05) is 29.7 Å². The molecule has 0 spiro atoms.